The van der Waals surface area contributed by atoms with Gasteiger partial charge in [0, 0.05) is 26.8 Å². The first kappa shape index (κ1) is 26.7. The number of hydrogen-bond donors (Lipinski definition) is 0. The van der Waals surface area contributed by atoms with E-state index in [2.05, 4.69) is 181 Å². The van der Waals surface area contributed by atoms with E-state index < -0.39 is 0 Å². The lowest BCUT2D eigenvalue weighted by Gasteiger charge is -2.26. The molecule has 0 aliphatic carbocycles. The first-order chi connectivity index (χ1) is 22.8. The maximum atomic E-state index is 2.42. The average Bonchev–Trinajstić information content (AvgIpc) is 3.53. The van der Waals surface area contributed by atoms with Crippen LogP contribution in [0.15, 0.2) is 176 Å². The number of thiophene rings is 1. The highest BCUT2D eigenvalue weighted by Crippen LogP contribution is 2.46. The van der Waals surface area contributed by atoms with Crippen LogP contribution in [0, 0.1) is 0 Å². The van der Waals surface area contributed by atoms with Crippen LogP contribution in [0.4, 0.5) is 17.1 Å². The number of anilines is 3. The highest BCUT2D eigenvalue weighted by atomic mass is 32.1. The molecule has 0 fully saturated rings. The molecule has 0 aliphatic rings. The normalized spacial score (nSPS) is 11.5. The average molecular weight is 604 g/mol. The Bertz CT molecular complexity index is 2510. The fourth-order valence-electron chi connectivity index (χ4n) is 6.72. The van der Waals surface area contributed by atoms with Gasteiger partial charge in [-0.1, -0.05) is 140 Å². The van der Waals surface area contributed by atoms with Crippen LogP contribution in [-0.4, -0.2) is 0 Å². The topological polar surface area (TPSA) is 3.24 Å². The van der Waals surface area contributed by atoms with E-state index in [9.17, 15) is 0 Å². The molecular weight excluding hydrogens is 575 g/mol. The van der Waals surface area contributed by atoms with E-state index in [4.69, 9.17) is 0 Å². The zero-order valence-electron chi connectivity index (χ0n) is 25.1. The van der Waals surface area contributed by atoms with Crippen LogP contribution < -0.4 is 4.90 Å². The summed E-state index contributed by atoms with van der Waals surface area (Å²) in [5, 5.41) is 7.71. The molecule has 0 saturated carbocycles. The number of hydrogen-bond acceptors (Lipinski definition) is 2. The Morgan fingerprint density at radius 1 is 0.326 bits per heavy atom. The van der Waals surface area contributed by atoms with Crippen molar-refractivity contribution in [2.75, 3.05) is 4.90 Å². The van der Waals surface area contributed by atoms with E-state index >= 15 is 0 Å². The molecule has 0 saturated heterocycles. The second-order valence-corrected chi connectivity index (χ2v) is 12.8. The van der Waals surface area contributed by atoms with E-state index in [1.807, 2.05) is 11.3 Å². The Morgan fingerprint density at radius 3 is 1.63 bits per heavy atom. The zero-order valence-corrected chi connectivity index (χ0v) is 25.9. The molecule has 216 valence electrons. The lowest BCUT2D eigenvalue weighted by molar-refractivity contribution is 1.30. The standard InChI is InChI=1S/C44H29NS/c1-2-9-30(10-3-1)32-19-24-37(25-20-32)45(38-26-21-33(22-27-38)36-18-17-31-11-4-5-13-35(31)29-36)42-16-8-15-40-41-28-23-34-12-6-7-14-39(34)43(41)46-44(40)42/h1-29H. The molecule has 2 heteroatoms. The van der Waals surface area contributed by atoms with Crippen molar-refractivity contribution in [3.8, 4) is 22.3 Å². The molecule has 0 spiro atoms. The summed E-state index contributed by atoms with van der Waals surface area (Å²) in [6, 6.07) is 63.9. The molecular formula is C44H29NS. The van der Waals surface area contributed by atoms with Gasteiger partial charge in [0.2, 0.25) is 0 Å². The summed E-state index contributed by atoms with van der Waals surface area (Å²) in [6.07, 6.45) is 0. The van der Waals surface area contributed by atoms with Crippen molar-refractivity contribution >= 4 is 70.1 Å². The zero-order chi connectivity index (χ0) is 30.5. The molecule has 0 aliphatic heterocycles. The van der Waals surface area contributed by atoms with E-state index in [1.54, 1.807) is 0 Å². The van der Waals surface area contributed by atoms with Gasteiger partial charge in [0.1, 0.15) is 0 Å². The molecule has 0 radical (unpaired) electrons. The fraction of sp³-hybridized carbons (Fsp3) is 0. The van der Waals surface area contributed by atoms with Crippen molar-refractivity contribution in [2.45, 2.75) is 0 Å². The van der Waals surface area contributed by atoms with E-state index in [0.29, 0.717) is 0 Å². The number of benzene rings is 8. The van der Waals surface area contributed by atoms with Crippen molar-refractivity contribution < 1.29 is 0 Å². The Hall–Kier alpha value is -5.70. The summed E-state index contributed by atoms with van der Waals surface area (Å²) < 4.78 is 2.63. The Labute approximate surface area is 272 Å². The largest absolute Gasteiger partial charge is 0.309 e. The summed E-state index contributed by atoms with van der Waals surface area (Å²) in [5.74, 6) is 0. The van der Waals surface area contributed by atoms with Crippen molar-refractivity contribution in [3.05, 3.63) is 176 Å². The van der Waals surface area contributed by atoms with Crippen molar-refractivity contribution in [1.29, 1.82) is 0 Å². The van der Waals surface area contributed by atoms with Crippen molar-refractivity contribution in [1.82, 2.24) is 0 Å². The van der Waals surface area contributed by atoms with Gasteiger partial charge in [-0.15, -0.1) is 11.3 Å². The molecule has 9 aromatic rings. The minimum atomic E-state index is 1.13. The SMILES string of the molecule is c1ccc(-c2ccc(N(c3ccc(-c4ccc5ccccc5c4)cc3)c3cccc4c3sc3c5ccccc5ccc43)cc2)cc1. The molecule has 1 nitrogen and oxygen atoms in total. The summed E-state index contributed by atoms with van der Waals surface area (Å²) in [5.41, 5.74) is 8.32. The molecule has 0 unspecified atom stereocenters. The third-order valence-corrected chi connectivity index (χ3v) is 10.3. The second-order valence-electron chi connectivity index (χ2n) is 11.8. The molecule has 46 heavy (non-hydrogen) atoms. The lowest BCUT2D eigenvalue weighted by Crippen LogP contribution is -2.10. The van der Waals surface area contributed by atoms with Crippen LogP contribution in [0.5, 0.6) is 0 Å². The Kier molecular flexibility index (Phi) is 6.40. The smallest absolute Gasteiger partial charge is 0.0640 e. The van der Waals surface area contributed by atoms with Gasteiger partial charge in [-0.05, 0) is 80.2 Å². The monoisotopic (exact) mass is 603 g/mol. The third kappa shape index (κ3) is 4.54. The summed E-state index contributed by atoms with van der Waals surface area (Å²) in [7, 11) is 0. The molecule has 0 bridgehead atoms. The van der Waals surface area contributed by atoms with Gasteiger partial charge in [0.15, 0.2) is 0 Å². The van der Waals surface area contributed by atoms with Crippen LogP contribution in [0.2, 0.25) is 0 Å². The Balaban J connectivity index is 1.21. The molecule has 0 amide bonds. The number of fused-ring (bicyclic) bond motifs is 6. The number of rotatable bonds is 5. The van der Waals surface area contributed by atoms with Gasteiger partial charge in [-0.3, -0.25) is 0 Å². The summed E-state index contributed by atoms with van der Waals surface area (Å²) in [6.45, 7) is 0. The fourth-order valence-corrected chi connectivity index (χ4v) is 8.06. The van der Waals surface area contributed by atoms with Crippen LogP contribution >= 0.6 is 11.3 Å². The Morgan fingerprint density at radius 2 is 0.870 bits per heavy atom. The van der Waals surface area contributed by atoms with Crippen LogP contribution in [0.25, 0.3) is 64.0 Å². The minimum Gasteiger partial charge on any atom is -0.309 e. The molecule has 1 heterocycles. The number of nitrogens with zero attached hydrogens (tertiary/aromatic N) is 1. The molecule has 8 aromatic carbocycles. The highest BCUT2D eigenvalue weighted by molar-refractivity contribution is 7.27. The van der Waals surface area contributed by atoms with Crippen LogP contribution in [0.1, 0.15) is 0 Å². The summed E-state index contributed by atoms with van der Waals surface area (Å²) in [4.78, 5) is 2.42. The molecule has 9 rings (SSSR count). The van der Waals surface area contributed by atoms with Gasteiger partial charge in [0.05, 0.1) is 10.4 Å². The van der Waals surface area contributed by atoms with Gasteiger partial charge in [0.25, 0.3) is 0 Å². The van der Waals surface area contributed by atoms with Crippen LogP contribution in [-0.2, 0) is 0 Å². The van der Waals surface area contributed by atoms with Crippen molar-refractivity contribution in [3.63, 3.8) is 0 Å². The minimum absolute atomic E-state index is 1.13. The first-order valence-electron chi connectivity index (χ1n) is 15.7. The summed E-state index contributed by atoms with van der Waals surface area (Å²) >= 11 is 1.89. The quantitative estimate of drug-likeness (QED) is 0.189. The third-order valence-electron chi connectivity index (χ3n) is 9.05. The van der Waals surface area contributed by atoms with E-state index in [-0.39, 0.29) is 0 Å². The van der Waals surface area contributed by atoms with Gasteiger partial charge in [-0.2, -0.15) is 0 Å². The molecule has 0 atom stereocenters. The van der Waals surface area contributed by atoms with E-state index in [0.717, 1.165) is 11.4 Å². The first-order valence-corrected chi connectivity index (χ1v) is 16.5. The van der Waals surface area contributed by atoms with Gasteiger partial charge >= 0.3 is 0 Å². The van der Waals surface area contributed by atoms with Gasteiger partial charge in [-0.25, -0.2) is 0 Å². The highest BCUT2D eigenvalue weighted by Gasteiger charge is 2.19. The predicted octanol–water partition coefficient (Wildman–Crippen LogP) is 13.2. The maximum absolute atomic E-state index is 2.42. The van der Waals surface area contributed by atoms with Gasteiger partial charge < -0.3 is 4.90 Å². The molecule has 1 aromatic heterocycles. The maximum Gasteiger partial charge on any atom is 0.0640 e. The lowest BCUT2D eigenvalue weighted by atomic mass is 10.0. The predicted molar refractivity (Wildman–Crippen MR) is 200 cm³/mol. The van der Waals surface area contributed by atoms with Crippen LogP contribution in [0.3, 0.4) is 0 Å². The molecule has 0 N–H and O–H groups in total. The van der Waals surface area contributed by atoms with E-state index in [1.165, 1.54) is 69.7 Å². The second kappa shape index (κ2) is 11.0. The van der Waals surface area contributed by atoms with Crippen molar-refractivity contribution in [2.24, 2.45) is 0 Å².